The summed E-state index contributed by atoms with van der Waals surface area (Å²) in [5.74, 6) is -2.13. The molecule has 0 bridgehead atoms. The minimum atomic E-state index is -3.84. The van der Waals surface area contributed by atoms with Gasteiger partial charge in [-0.3, -0.25) is 9.59 Å². The molecular formula is C20H29N3O6S. The molecule has 30 heavy (non-hydrogen) atoms. The number of likely N-dealkylation sites (tertiary alicyclic amines) is 1. The highest BCUT2D eigenvalue weighted by atomic mass is 32.2. The van der Waals surface area contributed by atoms with Crippen LogP contribution in [0.15, 0.2) is 29.2 Å². The Balaban J connectivity index is 2.07. The van der Waals surface area contributed by atoms with E-state index in [9.17, 15) is 22.8 Å². The van der Waals surface area contributed by atoms with E-state index in [2.05, 4.69) is 5.32 Å². The molecule has 1 heterocycles. The molecule has 2 rings (SSSR count). The van der Waals surface area contributed by atoms with E-state index in [0.29, 0.717) is 25.9 Å². The largest absolute Gasteiger partial charge is 0.444 e. The third-order valence-corrected chi connectivity index (χ3v) is 6.23. The summed E-state index contributed by atoms with van der Waals surface area (Å²) in [5, 5.41) is 2.94. The van der Waals surface area contributed by atoms with Gasteiger partial charge in [0.15, 0.2) is 9.84 Å². The number of rotatable bonds is 5. The first-order valence-corrected chi connectivity index (χ1v) is 11.3. The molecule has 1 unspecified atom stereocenters. The van der Waals surface area contributed by atoms with Crippen LogP contribution in [-0.2, 0) is 19.4 Å². The van der Waals surface area contributed by atoms with Crippen molar-refractivity contribution in [2.75, 3.05) is 18.8 Å². The number of ether oxygens (including phenoxy) is 1. The van der Waals surface area contributed by atoms with Crippen LogP contribution in [0.4, 0.5) is 4.79 Å². The molecule has 1 aliphatic heterocycles. The molecule has 0 saturated carbocycles. The van der Waals surface area contributed by atoms with Gasteiger partial charge in [-0.05, 0) is 64.8 Å². The summed E-state index contributed by atoms with van der Waals surface area (Å²) in [7, 11) is -3.84. The molecule has 0 spiro atoms. The lowest BCUT2D eigenvalue weighted by Crippen LogP contribution is -2.58. The lowest BCUT2D eigenvalue weighted by molar-refractivity contribution is -0.115. The number of nitrogens with two attached hydrogens (primary N) is 1. The van der Waals surface area contributed by atoms with E-state index >= 15 is 0 Å². The number of sulfone groups is 1. The third-order valence-electron chi connectivity index (χ3n) is 4.57. The van der Waals surface area contributed by atoms with Crippen molar-refractivity contribution in [3.05, 3.63) is 29.8 Å². The zero-order chi connectivity index (χ0) is 22.7. The number of hydrogen-bond acceptors (Lipinski definition) is 6. The van der Waals surface area contributed by atoms with Crippen molar-refractivity contribution >= 4 is 27.7 Å². The van der Waals surface area contributed by atoms with Crippen LogP contribution < -0.4 is 11.1 Å². The standard InChI is InChI=1S/C20H29N3O6S/c1-19(2,3)29-18(26)23-11-5-10-20(4,13-23)22-17(25)14-6-8-15(9-7-14)30(27,28)12-16(21)24/h6-9H,5,10-13H2,1-4H3,(H2,21,24)(H,22,25). The fourth-order valence-electron chi connectivity index (χ4n) is 3.25. The van der Waals surface area contributed by atoms with Crippen LogP contribution in [0.3, 0.4) is 0 Å². The van der Waals surface area contributed by atoms with Crippen LogP contribution >= 0.6 is 0 Å². The topological polar surface area (TPSA) is 136 Å². The van der Waals surface area contributed by atoms with E-state index < -0.39 is 38.7 Å². The summed E-state index contributed by atoms with van der Waals surface area (Å²) < 4.78 is 29.5. The van der Waals surface area contributed by atoms with E-state index in [1.807, 2.05) is 6.92 Å². The molecule has 9 nitrogen and oxygen atoms in total. The molecule has 0 aromatic heterocycles. The summed E-state index contributed by atoms with van der Waals surface area (Å²) in [4.78, 5) is 37.5. The molecular weight excluding hydrogens is 410 g/mol. The molecule has 1 aromatic carbocycles. The van der Waals surface area contributed by atoms with Crippen molar-refractivity contribution in [1.82, 2.24) is 10.2 Å². The fourth-order valence-corrected chi connectivity index (χ4v) is 4.35. The molecule has 3 amide bonds. The molecule has 166 valence electrons. The van der Waals surface area contributed by atoms with Gasteiger partial charge in [0.2, 0.25) is 5.91 Å². The van der Waals surface area contributed by atoms with Gasteiger partial charge in [-0.25, -0.2) is 13.2 Å². The number of nitrogens with one attached hydrogen (secondary N) is 1. The van der Waals surface area contributed by atoms with Crippen LogP contribution in [0.25, 0.3) is 0 Å². The zero-order valence-corrected chi connectivity index (χ0v) is 18.5. The van der Waals surface area contributed by atoms with Crippen LogP contribution in [0.2, 0.25) is 0 Å². The molecule has 0 radical (unpaired) electrons. The Labute approximate surface area is 176 Å². The van der Waals surface area contributed by atoms with Gasteiger partial charge in [-0.2, -0.15) is 0 Å². The van der Waals surface area contributed by atoms with Crippen molar-refractivity contribution in [2.24, 2.45) is 5.73 Å². The maximum atomic E-state index is 12.7. The molecule has 1 fully saturated rings. The fraction of sp³-hybridized carbons (Fsp3) is 0.550. The second kappa shape index (κ2) is 8.63. The van der Waals surface area contributed by atoms with Gasteiger partial charge in [0, 0.05) is 18.7 Å². The van der Waals surface area contributed by atoms with E-state index in [1.54, 1.807) is 25.7 Å². The monoisotopic (exact) mass is 439 g/mol. The second-order valence-electron chi connectivity index (χ2n) is 8.77. The molecule has 0 aliphatic carbocycles. The predicted molar refractivity (Wildman–Crippen MR) is 111 cm³/mol. The van der Waals surface area contributed by atoms with Crippen molar-refractivity contribution in [1.29, 1.82) is 0 Å². The molecule has 3 N–H and O–H groups in total. The quantitative estimate of drug-likeness (QED) is 0.713. The highest BCUT2D eigenvalue weighted by Crippen LogP contribution is 2.23. The van der Waals surface area contributed by atoms with Gasteiger partial charge in [-0.1, -0.05) is 0 Å². The van der Waals surface area contributed by atoms with Gasteiger partial charge in [-0.15, -0.1) is 0 Å². The maximum absolute atomic E-state index is 12.7. The lowest BCUT2D eigenvalue weighted by atomic mass is 9.91. The minimum Gasteiger partial charge on any atom is -0.444 e. The Bertz CT molecular complexity index is 921. The smallest absolute Gasteiger partial charge is 0.410 e. The summed E-state index contributed by atoms with van der Waals surface area (Å²) in [5.41, 5.74) is 3.97. The van der Waals surface area contributed by atoms with Crippen LogP contribution in [0.5, 0.6) is 0 Å². The Morgan fingerprint density at radius 3 is 2.33 bits per heavy atom. The van der Waals surface area contributed by atoms with E-state index in [-0.39, 0.29) is 16.4 Å². The average molecular weight is 440 g/mol. The Morgan fingerprint density at radius 2 is 1.80 bits per heavy atom. The summed E-state index contributed by atoms with van der Waals surface area (Å²) in [6, 6.07) is 5.29. The van der Waals surface area contributed by atoms with Crippen molar-refractivity contribution < 1.29 is 27.5 Å². The number of piperidine rings is 1. The Kier molecular flexibility index (Phi) is 6.80. The van der Waals surface area contributed by atoms with E-state index in [0.717, 1.165) is 0 Å². The molecule has 1 atom stereocenters. The van der Waals surface area contributed by atoms with Gasteiger partial charge in [0.05, 0.1) is 10.4 Å². The average Bonchev–Trinajstić information content (AvgIpc) is 2.59. The lowest BCUT2D eigenvalue weighted by Gasteiger charge is -2.41. The molecule has 1 saturated heterocycles. The SMILES string of the molecule is CC1(NC(=O)c2ccc(S(=O)(=O)CC(N)=O)cc2)CCCN(C(=O)OC(C)(C)C)C1. The number of amides is 3. The highest BCUT2D eigenvalue weighted by Gasteiger charge is 2.36. The van der Waals surface area contributed by atoms with Crippen molar-refractivity contribution in [2.45, 2.75) is 56.6 Å². The number of hydrogen-bond donors (Lipinski definition) is 2. The highest BCUT2D eigenvalue weighted by molar-refractivity contribution is 7.92. The van der Waals surface area contributed by atoms with E-state index in [4.69, 9.17) is 10.5 Å². The van der Waals surface area contributed by atoms with Crippen LogP contribution in [-0.4, -0.2) is 61.2 Å². The number of nitrogens with zero attached hydrogens (tertiary/aromatic N) is 1. The minimum absolute atomic E-state index is 0.0853. The first-order chi connectivity index (χ1) is 13.7. The molecule has 1 aliphatic rings. The predicted octanol–water partition coefficient (Wildman–Crippen LogP) is 1.47. The summed E-state index contributed by atoms with van der Waals surface area (Å²) in [6.45, 7) is 8.09. The number of carbonyl (C=O) groups is 3. The van der Waals surface area contributed by atoms with E-state index in [1.165, 1.54) is 24.3 Å². The van der Waals surface area contributed by atoms with Gasteiger partial charge >= 0.3 is 6.09 Å². The van der Waals surface area contributed by atoms with Crippen molar-refractivity contribution in [3.63, 3.8) is 0 Å². The van der Waals surface area contributed by atoms with Crippen LogP contribution in [0.1, 0.15) is 50.9 Å². The third kappa shape index (κ3) is 6.45. The molecule has 1 aromatic rings. The zero-order valence-electron chi connectivity index (χ0n) is 17.7. The maximum Gasteiger partial charge on any atom is 0.410 e. The number of primary amides is 1. The second-order valence-corrected chi connectivity index (χ2v) is 10.8. The Hall–Kier alpha value is -2.62. The van der Waals surface area contributed by atoms with Gasteiger partial charge in [0.1, 0.15) is 11.4 Å². The number of benzene rings is 1. The van der Waals surface area contributed by atoms with Crippen molar-refractivity contribution in [3.8, 4) is 0 Å². The summed E-state index contributed by atoms with van der Waals surface area (Å²) in [6.07, 6.45) is 0.968. The Morgan fingerprint density at radius 1 is 1.20 bits per heavy atom. The summed E-state index contributed by atoms with van der Waals surface area (Å²) >= 11 is 0. The van der Waals surface area contributed by atoms with Gasteiger partial charge < -0.3 is 20.7 Å². The first-order valence-electron chi connectivity index (χ1n) is 9.62. The normalized spacial score (nSPS) is 19.8. The first kappa shape index (κ1) is 23.7. The molecule has 10 heteroatoms. The number of carbonyl (C=O) groups excluding carboxylic acids is 3. The van der Waals surface area contributed by atoms with Crippen LogP contribution in [0, 0.1) is 0 Å². The van der Waals surface area contributed by atoms with Gasteiger partial charge in [0.25, 0.3) is 5.91 Å².